The van der Waals surface area contributed by atoms with Gasteiger partial charge in [-0.3, -0.25) is 14.5 Å². The lowest BCUT2D eigenvalue weighted by Crippen LogP contribution is -2.43. The second-order valence-corrected chi connectivity index (χ2v) is 3.14. The van der Waals surface area contributed by atoms with Crippen molar-refractivity contribution in [3.8, 4) is 0 Å². The zero-order chi connectivity index (χ0) is 11.8. The minimum absolute atomic E-state index is 0.0642. The van der Waals surface area contributed by atoms with Gasteiger partial charge in [-0.1, -0.05) is 0 Å². The van der Waals surface area contributed by atoms with Gasteiger partial charge >= 0.3 is 6.18 Å². The third-order valence-electron chi connectivity index (χ3n) is 1.92. The predicted octanol–water partition coefficient (Wildman–Crippen LogP) is 0.225. The summed E-state index contributed by atoms with van der Waals surface area (Å²) in [6.07, 6.45) is -6.60. The van der Waals surface area contributed by atoms with Gasteiger partial charge in [0.25, 0.3) is 11.8 Å². The molecule has 0 aliphatic carbocycles. The van der Waals surface area contributed by atoms with Crippen LogP contribution in [-0.2, 0) is 9.59 Å². The zero-order valence-electron chi connectivity index (χ0n) is 7.71. The molecule has 0 aromatic carbocycles. The second-order valence-electron chi connectivity index (χ2n) is 3.14. The van der Waals surface area contributed by atoms with Crippen LogP contribution in [0.4, 0.5) is 13.2 Å². The van der Waals surface area contributed by atoms with Crippen LogP contribution in [0, 0.1) is 0 Å². The summed E-state index contributed by atoms with van der Waals surface area (Å²) < 4.78 is 35.8. The number of halogens is 3. The van der Waals surface area contributed by atoms with Gasteiger partial charge in [-0.25, -0.2) is 0 Å². The first-order valence-electron chi connectivity index (χ1n) is 4.02. The van der Waals surface area contributed by atoms with Crippen molar-refractivity contribution in [3.05, 3.63) is 11.6 Å². The number of hydrogen-bond donors (Lipinski definition) is 1. The van der Waals surface area contributed by atoms with Crippen molar-refractivity contribution in [2.75, 3.05) is 6.54 Å². The molecule has 0 saturated carbocycles. The molecule has 15 heavy (non-hydrogen) atoms. The van der Waals surface area contributed by atoms with E-state index in [2.05, 4.69) is 0 Å². The summed E-state index contributed by atoms with van der Waals surface area (Å²) in [5.41, 5.74) is 0.0642. The molecule has 1 rings (SSSR count). The topological polar surface area (TPSA) is 57.6 Å². The van der Waals surface area contributed by atoms with Crippen LogP contribution in [0.15, 0.2) is 11.6 Å². The highest BCUT2D eigenvalue weighted by molar-refractivity contribution is 6.15. The number of aliphatic hydroxyl groups is 1. The lowest BCUT2D eigenvalue weighted by atomic mass is 10.3. The van der Waals surface area contributed by atoms with Gasteiger partial charge in [0.1, 0.15) is 0 Å². The molecule has 0 saturated heterocycles. The monoisotopic (exact) mass is 223 g/mol. The van der Waals surface area contributed by atoms with Gasteiger partial charge in [-0.05, 0) is 6.92 Å². The molecule has 1 atom stereocenters. The van der Waals surface area contributed by atoms with Crippen molar-refractivity contribution in [3.63, 3.8) is 0 Å². The van der Waals surface area contributed by atoms with Gasteiger partial charge in [-0.15, -0.1) is 0 Å². The molecule has 1 aliphatic rings. The first kappa shape index (κ1) is 11.7. The summed E-state index contributed by atoms with van der Waals surface area (Å²) >= 11 is 0. The SMILES string of the molecule is CC1=CC(=O)N(CC(O)C(F)(F)F)C1=O. The standard InChI is InChI=1S/C8H8F3NO3/c1-4-2-6(14)12(7(4)15)3-5(13)8(9,10)11/h2,5,13H,3H2,1H3. The Morgan fingerprint density at radius 1 is 1.47 bits per heavy atom. The Balaban J connectivity index is 2.70. The average molecular weight is 223 g/mol. The third-order valence-corrected chi connectivity index (χ3v) is 1.92. The van der Waals surface area contributed by atoms with Crippen LogP contribution >= 0.6 is 0 Å². The summed E-state index contributed by atoms with van der Waals surface area (Å²) in [5, 5.41) is 8.67. The van der Waals surface area contributed by atoms with Crippen LogP contribution in [0.25, 0.3) is 0 Å². The summed E-state index contributed by atoms with van der Waals surface area (Å²) in [6, 6.07) is 0. The molecular weight excluding hydrogens is 215 g/mol. The molecule has 0 spiro atoms. The van der Waals surface area contributed by atoms with Gasteiger partial charge in [0.2, 0.25) is 0 Å². The van der Waals surface area contributed by atoms with Gasteiger partial charge in [0.15, 0.2) is 6.10 Å². The molecule has 4 nitrogen and oxygen atoms in total. The van der Waals surface area contributed by atoms with Crippen molar-refractivity contribution in [2.45, 2.75) is 19.2 Å². The third kappa shape index (κ3) is 2.35. The van der Waals surface area contributed by atoms with E-state index in [9.17, 15) is 22.8 Å². The minimum Gasteiger partial charge on any atom is -0.382 e. The molecule has 1 aliphatic heterocycles. The lowest BCUT2D eigenvalue weighted by molar-refractivity contribution is -0.207. The molecule has 2 amide bonds. The molecule has 0 radical (unpaired) electrons. The number of aliphatic hydroxyl groups excluding tert-OH is 1. The van der Waals surface area contributed by atoms with Gasteiger partial charge in [0.05, 0.1) is 6.54 Å². The van der Waals surface area contributed by atoms with E-state index in [1.54, 1.807) is 0 Å². The zero-order valence-corrected chi connectivity index (χ0v) is 7.71. The Bertz CT molecular complexity index is 335. The number of β-amino-alcohol motifs (C(OH)–C–C–N with tert-alkyl or cyclic N) is 1. The van der Waals surface area contributed by atoms with E-state index < -0.39 is 30.6 Å². The number of carbonyl (C=O) groups is 2. The Labute approximate surface area is 83.0 Å². The average Bonchev–Trinajstić information content (AvgIpc) is 2.30. The quantitative estimate of drug-likeness (QED) is 0.681. The van der Waals surface area contributed by atoms with Crippen molar-refractivity contribution in [1.82, 2.24) is 4.90 Å². The number of hydrogen-bond acceptors (Lipinski definition) is 3. The van der Waals surface area contributed by atoms with Crippen LogP contribution in [-0.4, -0.2) is 40.6 Å². The van der Waals surface area contributed by atoms with Crippen molar-refractivity contribution >= 4 is 11.8 Å². The maximum Gasteiger partial charge on any atom is 0.416 e. The molecule has 0 fully saturated rings. The number of amides is 2. The molecule has 1 N–H and O–H groups in total. The van der Waals surface area contributed by atoms with E-state index >= 15 is 0 Å². The molecule has 1 heterocycles. The number of nitrogens with zero attached hydrogens (tertiary/aromatic N) is 1. The van der Waals surface area contributed by atoms with Crippen LogP contribution in [0.3, 0.4) is 0 Å². The fraction of sp³-hybridized carbons (Fsp3) is 0.500. The van der Waals surface area contributed by atoms with Crippen LogP contribution in [0.2, 0.25) is 0 Å². The first-order chi connectivity index (χ1) is 6.73. The van der Waals surface area contributed by atoms with Crippen LogP contribution < -0.4 is 0 Å². The summed E-state index contributed by atoms with van der Waals surface area (Å²) in [4.78, 5) is 22.5. The highest BCUT2D eigenvalue weighted by Crippen LogP contribution is 2.22. The van der Waals surface area contributed by atoms with E-state index in [4.69, 9.17) is 5.11 Å². The Morgan fingerprint density at radius 2 is 2.00 bits per heavy atom. The van der Waals surface area contributed by atoms with Crippen LogP contribution in [0.5, 0.6) is 0 Å². The number of alkyl halides is 3. The smallest absolute Gasteiger partial charge is 0.382 e. The Morgan fingerprint density at radius 3 is 2.33 bits per heavy atom. The molecule has 84 valence electrons. The minimum atomic E-state index is -4.84. The highest BCUT2D eigenvalue weighted by atomic mass is 19.4. The largest absolute Gasteiger partial charge is 0.416 e. The van der Waals surface area contributed by atoms with E-state index in [-0.39, 0.29) is 5.57 Å². The molecule has 0 aromatic heterocycles. The lowest BCUT2D eigenvalue weighted by Gasteiger charge is -2.20. The van der Waals surface area contributed by atoms with E-state index in [1.165, 1.54) is 6.92 Å². The normalized spacial score (nSPS) is 19.5. The van der Waals surface area contributed by atoms with Gasteiger partial charge < -0.3 is 5.11 Å². The number of imide groups is 1. The van der Waals surface area contributed by atoms with E-state index in [0.29, 0.717) is 4.90 Å². The van der Waals surface area contributed by atoms with Crippen LogP contribution in [0.1, 0.15) is 6.92 Å². The van der Waals surface area contributed by atoms with Gasteiger partial charge in [-0.2, -0.15) is 13.2 Å². The maximum atomic E-state index is 11.9. The molecule has 0 bridgehead atoms. The van der Waals surface area contributed by atoms with Crippen molar-refractivity contribution in [1.29, 1.82) is 0 Å². The fourth-order valence-electron chi connectivity index (χ4n) is 1.09. The summed E-state index contributed by atoms with van der Waals surface area (Å²) in [6.45, 7) is 0.259. The number of carbonyl (C=O) groups excluding carboxylic acids is 2. The Hall–Kier alpha value is -1.37. The maximum absolute atomic E-state index is 11.9. The second kappa shape index (κ2) is 3.65. The van der Waals surface area contributed by atoms with E-state index in [0.717, 1.165) is 6.08 Å². The molecule has 1 unspecified atom stereocenters. The molecule has 0 aromatic rings. The van der Waals surface area contributed by atoms with Crippen molar-refractivity contribution < 1.29 is 27.9 Å². The molecule has 7 heteroatoms. The summed E-state index contributed by atoms with van der Waals surface area (Å²) in [7, 11) is 0. The highest BCUT2D eigenvalue weighted by Gasteiger charge is 2.42. The Kier molecular flexibility index (Phi) is 2.85. The number of rotatable bonds is 2. The van der Waals surface area contributed by atoms with E-state index in [1.807, 2.05) is 0 Å². The predicted molar refractivity (Wildman–Crippen MR) is 42.5 cm³/mol. The van der Waals surface area contributed by atoms with Gasteiger partial charge in [0, 0.05) is 11.6 Å². The molecular formula is C8H8F3NO3. The fourth-order valence-corrected chi connectivity index (χ4v) is 1.09. The first-order valence-corrected chi connectivity index (χ1v) is 4.02. The van der Waals surface area contributed by atoms with Crippen molar-refractivity contribution in [2.24, 2.45) is 0 Å². The summed E-state index contributed by atoms with van der Waals surface area (Å²) in [5.74, 6) is -1.64.